The highest BCUT2D eigenvalue weighted by Crippen LogP contribution is 2.45. The normalized spacial score (nSPS) is 22.7. The van der Waals surface area contributed by atoms with Crippen molar-refractivity contribution in [3.63, 3.8) is 0 Å². The molecule has 2 fully saturated rings. The lowest BCUT2D eigenvalue weighted by Gasteiger charge is -2.59. The van der Waals surface area contributed by atoms with Gasteiger partial charge in [0.1, 0.15) is 17.3 Å². The van der Waals surface area contributed by atoms with Crippen LogP contribution in [0.3, 0.4) is 0 Å². The molecule has 6 heteroatoms. The van der Waals surface area contributed by atoms with Crippen LogP contribution in [0.4, 0.5) is 10.1 Å². The van der Waals surface area contributed by atoms with E-state index in [0.29, 0.717) is 5.69 Å². The first-order valence-electron chi connectivity index (χ1n) is 8.93. The SMILES string of the molecule is COC1C(=O)N(c2cccc(F)c2)C12CCN(Cc1ccc(C)o1)CC2. The first-order valence-corrected chi connectivity index (χ1v) is 8.93. The minimum Gasteiger partial charge on any atom is -0.465 e. The Morgan fingerprint density at radius 3 is 2.65 bits per heavy atom. The molecule has 0 radical (unpaired) electrons. The Hall–Kier alpha value is -2.18. The van der Waals surface area contributed by atoms with E-state index in [0.717, 1.165) is 44.0 Å². The third kappa shape index (κ3) is 2.73. The third-order valence-electron chi connectivity index (χ3n) is 5.58. The topological polar surface area (TPSA) is 45.9 Å². The van der Waals surface area contributed by atoms with Gasteiger partial charge in [0.2, 0.25) is 0 Å². The number of furan rings is 1. The van der Waals surface area contributed by atoms with Gasteiger partial charge in [0.25, 0.3) is 5.91 Å². The number of benzene rings is 1. The van der Waals surface area contributed by atoms with Crippen LogP contribution in [0.2, 0.25) is 0 Å². The molecule has 1 spiro atoms. The van der Waals surface area contributed by atoms with Crippen LogP contribution in [0.15, 0.2) is 40.8 Å². The summed E-state index contributed by atoms with van der Waals surface area (Å²) in [5.74, 6) is 1.44. The summed E-state index contributed by atoms with van der Waals surface area (Å²) in [5.41, 5.74) is 0.216. The molecule has 0 aliphatic carbocycles. The van der Waals surface area contributed by atoms with Gasteiger partial charge in [-0.1, -0.05) is 6.07 Å². The zero-order valence-electron chi connectivity index (χ0n) is 15.1. The van der Waals surface area contributed by atoms with Gasteiger partial charge in [-0.25, -0.2) is 4.39 Å². The van der Waals surface area contributed by atoms with E-state index in [2.05, 4.69) is 4.90 Å². The van der Waals surface area contributed by atoms with Crippen LogP contribution in [-0.4, -0.2) is 42.6 Å². The van der Waals surface area contributed by atoms with Crippen molar-refractivity contribution in [3.8, 4) is 0 Å². The molecule has 1 amide bonds. The standard InChI is InChI=1S/C20H23FN2O3/c1-14-6-7-17(26-14)13-22-10-8-20(9-11-22)18(25-2)19(24)23(20)16-5-3-4-15(21)12-16/h3-7,12,18H,8-11,13H2,1-2H3. The first-order chi connectivity index (χ1) is 12.5. The van der Waals surface area contributed by atoms with E-state index in [9.17, 15) is 9.18 Å². The van der Waals surface area contributed by atoms with E-state index in [4.69, 9.17) is 9.15 Å². The van der Waals surface area contributed by atoms with E-state index in [1.54, 1.807) is 24.1 Å². The molecule has 138 valence electrons. The summed E-state index contributed by atoms with van der Waals surface area (Å²) < 4.78 is 24.8. The Labute approximate surface area is 152 Å². The zero-order valence-corrected chi connectivity index (χ0v) is 15.1. The summed E-state index contributed by atoms with van der Waals surface area (Å²) in [5, 5.41) is 0. The maximum atomic E-state index is 13.7. The summed E-state index contributed by atoms with van der Waals surface area (Å²) in [6, 6.07) is 10.2. The number of hydrogen-bond donors (Lipinski definition) is 0. The average Bonchev–Trinajstić information content (AvgIpc) is 3.02. The van der Waals surface area contributed by atoms with E-state index >= 15 is 0 Å². The predicted molar refractivity (Wildman–Crippen MR) is 95.4 cm³/mol. The molecule has 2 aliphatic rings. The van der Waals surface area contributed by atoms with Crippen LogP contribution in [0.25, 0.3) is 0 Å². The van der Waals surface area contributed by atoms with Gasteiger partial charge in [0, 0.05) is 25.9 Å². The number of anilines is 1. The van der Waals surface area contributed by atoms with Crippen LogP contribution >= 0.6 is 0 Å². The number of carbonyl (C=O) groups excluding carboxylic acids is 1. The molecule has 0 bridgehead atoms. The fourth-order valence-electron chi connectivity index (χ4n) is 4.31. The number of ether oxygens (including phenoxy) is 1. The van der Waals surface area contributed by atoms with E-state index in [1.165, 1.54) is 12.1 Å². The molecule has 0 saturated carbocycles. The fourth-order valence-corrected chi connectivity index (χ4v) is 4.31. The molecule has 2 aliphatic heterocycles. The summed E-state index contributed by atoms with van der Waals surface area (Å²) in [4.78, 5) is 16.7. The van der Waals surface area contributed by atoms with E-state index in [1.807, 2.05) is 19.1 Å². The lowest BCUT2D eigenvalue weighted by Crippen LogP contribution is -2.77. The Kier molecular flexibility index (Phi) is 4.32. The van der Waals surface area contributed by atoms with E-state index in [-0.39, 0.29) is 11.7 Å². The highest BCUT2D eigenvalue weighted by Gasteiger charge is 2.61. The Bertz CT molecular complexity index is 811. The van der Waals surface area contributed by atoms with E-state index < -0.39 is 11.6 Å². The highest BCUT2D eigenvalue weighted by molar-refractivity contribution is 6.06. The second-order valence-electron chi connectivity index (χ2n) is 7.16. The van der Waals surface area contributed by atoms with Crippen molar-refractivity contribution < 1.29 is 18.3 Å². The van der Waals surface area contributed by atoms with Crippen molar-refractivity contribution in [2.75, 3.05) is 25.1 Å². The monoisotopic (exact) mass is 358 g/mol. The summed E-state index contributed by atoms with van der Waals surface area (Å²) >= 11 is 0. The maximum Gasteiger partial charge on any atom is 0.259 e. The number of amides is 1. The zero-order chi connectivity index (χ0) is 18.3. The number of rotatable bonds is 4. The molecule has 1 unspecified atom stereocenters. The van der Waals surface area contributed by atoms with Crippen molar-refractivity contribution >= 4 is 11.6 Å². The molecule has 3 heterocycles. The molecule has 2 saturated heterocycles. The van der Waals surface area contributed by atoms with Crippen LogP contribution < -0.4 is 4.90 Å². The van der Waals surface area contributed by atoms with Gasteiger partial charge in [-0.15, -0.1) is 0 Å². The number of halogens is 1. The number of β-lactam (4-membered cyclic amide) rings is 1. The van der Waals surface area contributed by atoms with Gasteiger partial charge >= 0.3 is 0 Å². The Morgan fingerprint density at radius 1 is 1.27 bits per heavy atom. The molecule has 1 atom stereocenters. The quantitative estimate of drug-likeness (QED) is 0.788. The van der Waals surface area contributed by atoms with Gasteiger partial charge in [0.05, 0.1) is 12.1 Å². The summed E-state index contributed by atoms with van der Waals surface area (Å²) in [6.07, 6.45) is 1.11. The third-order valence-corrected chi connectivity index (χ3v) is 5.58. The molecule has 26 heavy (non-hydrogen) atoms. The lowest BCUT2D eigenvalue weighted by molar-refractivity contribution is -0.151. The number of likely N-dealkylation sites (tertiary alicyclic amines) is 1. The summed E-state index contributed by atoms with van der Waals surface area (Å²) in [7, 11) is 1.57. The fraction of sp³-hybridized carbons (Fsp3) is 0.450. The molecule has 2 aromatic rings. The second-order valence-corrected chi connectivity index (χ2v) is 7.16. The number of nitrogens with zero attached hydrogens (tertiary/aromatic N) is 2. The average molecular weight is 358 g/mol. The summed E-state index contributed by atoms with van der Waals surface area (Å²) in [6.45, 7) is 4.36. The number of carbonyl (C=O) groups is 1. The maximum absolute atomic E-state index is 13.7. The Morgan fingerprint density at radius 2 is 2.04 bits per heavy atom. The smallest absolute Gasteiger partial charge is 0.259 e. The van der Waals surface area contributed by atoms with Crippen LogP contribution in [-0.2, 0) is 16.1 Å². The lowest BCUT2D eigenvalue weighted by atomic mass is 9.72. The van der Waals surface area contributed by atoms with Crippen molar-refractivity contribution in [1.82, 2.24) is 4.90 Å². The van der Waals surface area contributed by atoms with Crippen LogP contribution in [0, 0.1) is 12.7 Å². The second kappa shape index (κ2) is 6.52. The van der Waals surface area contributed by atoms with Crippen LogP contribution in [0.5, 0.6) is 0 Å². The minimum absolute atomic E-state index is 0.0896. The molecule has 4 rings (SSSR count). The molecule has 1 aromatic carbocycles. The molecular formula is C20H23FN2O3. The van der Waals surface area contributed by atoms with Gasteiger partial charge in [-0.2, -0.15) is 0 Å². The first kappa shape index (κ1) is 17.2. The molecule has 0 N–H and O–H groups in total. The van der Waals surface area contributed by atoms with Crippen LogP contribution in [0.1, 0.15) is 24.4 Å². The number of methoxy groups -OCH3 is 1. The van der Waals surface area contributed by atoms with Gasteiger partial charge in [-0.3, -0.25) is 9.69 Å². The number of aryl methyl sites for hydroxylation is 1. The van der Waals surface area contributed by atoms with Crippen molar-refractivity contribution in [3.05, 3.63) is 53.7 Å². The van der Waals surface area contributed by atoms with Crippen molar-refractivity contribution in [2.24, 2.45) is 0 Å². The van der Waals surface area contributed by atoms with Crippen molar-refractivity contribution in [2.45, 2.75) is 38.0 Å². The largest absolute Gasteiger partial charge is 0.465 e. The predicted octanol–water partition coefficient (Wildman–Crippen LogP) is 3.12. The van der Waals surface area contributed by atoms with Crippen molar-refractivity contribution in [1.29, 1.82) is 0 Å². The molecular weight excluding hydrogens is 335 g/mol. The van der Waals surface area contributed by atoms with Gasteiger partial charge < -0.3 is 14.1 Å². The van der Waals surface area contributed by atoms with Gasteiger partial charge in [-0.05, 0) is 50.1 Å². The molecule has 5 nitrogen and oxygen atoms in total. The molecule has 1 aromatic heterocycles. The highest BCUT2D eigenvalue weighted by atomic mass is 19.1. The Balaban J connectivity index is 1.51. The number of hydrogen-bond acceptors (Lipinski definition) is 4. The number of piperidine rings is 1. The van der Waals surface area contributed by atoms with Gasteiger partial charge in [0.15, 0.2) is 6.10 Å². The minimum atomic E-state index is -0.459.